The molecule has 0 heterocycles. The lowest BCUT2D eigenvalue weighted by atomic mass is 10.2. The van der Waals surface area contributed by atoms with Crippen molar-refractivity contribution in [2.45, 2.75) is 13.2 Å². The number of hydrogen-bond acceptors (Lipinski definition) is 3. The average molecular weight is 192 g/mol. The maximum Gasteiger partial charge on any atom is 0.341 e. The van der Waals surface area contributed by atoms with Crippen LogP contribution in [0.5, 0.6) is 0 Å². The molecule has 1 aromatic carbocycles. The first-order chi connectivity index (χ1) is 6.74. The van der Waals surface area contributed by atoms with Gasteiger partial charge in [0, 0.05) is 6.92 Å². The van der Waals surface area contributed by atoms with Crippen LogP contribution in [-0.2, 0) is 9.47 Å². The zero-order valence-corrected chi connectivity index (χ0v) is 7.97. The van der Waals surface area contributed by atoms with E-state index >= 15 is 0 Å². The van der Waals surface area contributed by atoms with E-state index in [4.69, 9.17) is 9.47 Å². The molecule has 1 unspecified atom stereocenters. The van der Waals surface area contributed by atoms with Crippen LogP contribution in [0.1, 0.15) is 17.3 Å². The van der Waals surface area contributed by atoms with Crippen LogP contribution < -0.4 is 0 Å². The molecule has 0 amide bonds. The minimum Gasteiger partial charge on any atom is -0.463 e. The molecule has 1 rings (SSSR count). The molecule has 0 saturated heterocycles. The zero-order valence-electron chi connectivity index (χ0n) is 7.97. The second kappa shape index (κ2) is 5.07. The van der Waals surface area contributed by atoms with Crippen molar-refractivity contribution in [1.82, 2.24) is 0 Å². The molecule has 0 N–H and O–H groups in total. The van der Waals surface area contributed by atoms with E-state index in [9.17, 15) is 4.79 Å². The third-order valence-electron chi connectivity index (χ3n) is 1.57. The Hall–Kier alpha value is -1.77. The summed E-state index contributed by atoms with van der Waals surface area (Å²) in [6, 6.07) is 8.75. The highest BCUT2D eigenvalue weighted by Gasteiger charge is 2.10. The van der Waals surface area contributed by atoms with Crippen LogP contribution in [0, 0.1) is 0 Å². The third-order valence-corrected chi connectivity index (χ3v) is 1.57. The molecule has 0 aliphatic carbocycles. The molecule has 0 saturated carbocycles. The van der Waals surface area contributed by atoms with Gasteiger partial charge in [-0.15, -0.1) is 0 Å². The standard InChI is InChI=1S/C11H12O3/c1-3-13-9(2)14-11(12)10-7-5-4-6-8-10/h3-9H,1H2,2H3. The first kappa shape index (κ1) is 10.3. The summed E-state index contributed by atoms with van der Waals surface area (Å²) < 4.78 is 9.80. The van der Waals surface area contributed by atoms with Gasteiger partial charge in [-0.25, -0.2) is 4.79 Å². The van der Waals surface area contributed by atoms with Crippen molar-refractivity contribution < 1.29 is 14.3 Å². The number of hydrogen-bond donors (Lipinski definition) is 0. The van der Waals surface area contributed by atoms with Gasteiger partial charge in [-0.2, -0.15) is 0 Å². The Kier molecular flexibility index (Phi) is 3.73. The summed E-state index contributed by atoms with van der Waals surface area (Å²) in [6.45, 7) is 4.99. The molecule has 0 spiro atoms. The van der Waals surface area contributed by atoms with E-state index < -0.39 is 12.3 Å². The highest BCUT2D eigenvalue weighted by atomic mass is 16.7. The van der Waals surface area contributed by atoms with E-state index in [1.54, 1.807) is 31.2 Å². The fourth-order valence-corrected chi connectivity index (χ4v) is 0.956. The Morgan fingerprint density at radius 1 is 1.43 bits per heavy atom. The van der Waals surface area contributed by atoms with Crippen molar-refractivity contribution in [3.8, 4) is 0 Å². The summed E-state index contributed by atoms with van der Waals surface area (Å²) in [5, 5.41) is 0. The van der Waals surface area contributed by atoms with Crippen molar-refractivity contribution in [2.24, 2.45) is 0 Å². The second-order valence-corrected chi connectivity index (χ2v) is 2.64. The first-order valence-corrected chi connectivity index (χ1v) is 4.26. The SMILES string of the molecule is C=COC(C)OC(=O)c1ccccc1. The highest BCUT2D eigenvalue weighted by Crippen LogP contribution is 2.04. The number of esters is 1. The number of ether oxygens (including phenoxy) is 2. The van der Waals surface area contributed by atoms with Gasteiger partial charge in [0.15, 0.2) is 0 Å². The summed E-state index contributed by atoms with van der Waals surface area (Å²) in [7, 11) is 0. The van der Waals surface area contributed by atoms with Crippen LogP contribution in [0.2, 0.25) is 0 Å². The molecule has 14 heavy (non-hydrogen) atoms. The fraction of sp³-hybridized carbons (Fsp3) is 0.182. The smallest absolute Gasteiger partial charge is 0.341 e. The van der Waals surface area contributed by atoms with Crippen molar-refractivity contribution in [1.29, 1.82) is 0 Å². The summed E-state index contributed by atoms with van der Waals surface area (Å²) in [5.74, 6) is -0.403. The van der Waals surface area contributed by atoms with Crippen molar-refractivity contribution >= 4 is 5.97 Å². The Balaban J connectivity index is 2.55. The van der Waals surface area contributed by atoms with E-state index in [2.05, 4.69) is 6.58 Å². The molecule has 1 aromatic rings. The van der Waals surface area contributed by atoms with E-state index in [1.807, 2.05) is 6.07 Å². The van der Waals surface area contributed by atoms with Gasteiger partial charge in [0.1, 0.15) is 0 Å². The van der Waals surface area contributed by atoms with Gasteiger partial charge < -0.3 is 9.47 Å². The topological polar surface area (TPSA) is 35.5 Å². The second-order valence-electron chi connectivity index (χ2n) is 2.64. The molecule has 0 fully saturated rings. The van der Waals surface area contributed by atoms with Crippen molar-refractivity contribution in [2.75, 3.05) is 0 Å². The van der Waals surface area contributed by atoms with Crippen LogP contribution in [0.4, 0.5) is 0 Å². The Morgan fingerprint density at radius 3 is 2.64 bits per heavy atom. The number of benzene rings is 1. The third kappa shape index (κ3) is 2.94. The highest BCUT2D eigenvalue weighted by molar-refractivity contribution is 5.89. The van der Waals surface area contributed by atoms with Gasteiger partial charge in [0.2, 0.25) is 6.29 Å². The summed E-state index contributed by atoms with van der Waals surface area (Å²) in [5.41, 5.74) is 0.506. The maximum absolute atomic E-state index is 11.4. The lowest BCUT2D eigenvalue weighted by Crippen LogP contribution is -2.15. The largest absolute Gasteiger partial charge is 0.463 e. The van der Waals surface area contributed by atoms with Gasteiger partial charge in [0.05, 0.1) is 11.8 Å². The molecular formula is C11H12O3. The van der Waals surface area contributed by atoms with Gasteiger partial charge in [-0.1, -0.05) is 24.8 Å². The lowest BCUT2D eigenvalue weighted by molar-refractivity contribution is -0.0598. The van der Waals surface area contributed by atoms with E-state index in [-0.39, 0.29) is 0 Å². The summed E-state index contributed by atoms with van der Waals surface area (Å²) in [4.78, 5) is 11.4. The van der Waals surface area contributed by atoms with Crippen LogP contribution >= 0.6 is 0 Å². The van der Waals surface area contributed by atoms with Crippen molar-refractivity contribution in [3.05, 3.63) is 48.7 Å². The maximum atomic E-state index is 11.4. The quantitative estimate of drug-likeness (QED) is 0.417. The molecule has 3 heteroatoms. The molecule has 1 atom stereocenters. The first-order valence-electron chi connectivity index (χ1n) is 4.26. The van der Waals surface area contributed by atoms with Gasteiger partial charge in [-0.3, -0.25) is 0 Å². The molecule has 0 aliphatic rings. The van der Waals surface area contributed by atoms with Gasteiger partial charge in [0.25, 0.3) is 0 Å². The molecule has 0 aliphatic heterocycles. The van der Waals surface area contributed by atoms with Gasteiger partial charge >= 0.3 is 5.97 Å². The van der Waals surface area contributed by atoms with Gasteiger partial charge in [-0.05, 0) is 12.1 Å². The zero-order chi connectivity index (χ0) is 10.4. The average Bonchev–Trinajstić information content (AvgIpc) is 2.19. The van der Waals surface area contributed by atoms with E-state index in [1.165, 1.54) is 6.26 Å². The molecule has 0 bridgehead atoms. The number of carbonyl (C=O) groups is 1. The Labute approximate surface area is 83.0 Å². The molecular weight excluding hydrogens is 180 g/mol. The molecule has 0 aromatic heterocycles. The number of rotatable bonds is 4. The van der Waals surface area contributed by atoms with Crippen LogP contribution in [0.25, 0.3) is 0 Å². The normalized spacial score (nSPS) is 11.5. The minimum atomic E-state index is -0.611. The van der Waals surface area contributed by atoms with Crippen LogP contribution in [-0.4, -0.2) is 12.3 Å². The molecule has 0 radical (unpaired) electrons. The predicted octanol–water partition coefficient (Wildman–Crippen LogP) is 2.35. The Morgan fingerprint density at radius 2 is 2.07 bits per heavy atom. The Bertz CT molecular complexity index is 306. The minimum absolute atomic E-state index is 0.403. The van der Waals surface area contributed by atoms with Crippen molar-refractivity contribution in [3.63, 3.8) is 0 Å². The molecule has 74 valence electrons. The lowest BCUT2D eigenvalue weighted by Gasteiger charge is -2.11. The van der Waals surface area contributed by atoms with E-state index in [0.29, 0.717) is 5.56 Å². The predicted molar refractivity (Wildman–Crippen MR) is 52.6 cm³/mol. The van der Waals surface area contributed by atoms with Crippen LogP contribution in [0.15, 0.2) is 43.2 Å². The monoisotopic (exact) mass is 192 g/mol. The molecule has 3 nitrogen and oxygen atoms in total. The fourth-order valence-electron chi connectivity index (χ4n) is 0.956. The summed E-state index contributed by atoms with van der Waals surface area (Å²) >= 11 is 0. The van der Waals surface area contributed by atoms with E-state index in [0.717, 1.165) is 0 Å². The van der Waals surface area contributed by atoms with Crippen LogP contribution in [0.3, 0.4) is 0 Å². The number of carbonyl (C=O) groups excluding carboxylic acids is 1. The summed E-state index contributed by atoms with van der Waals surface area (Å²) in [6.07, 6.45) is 0.628.